The van der Waals surface area contributed by atoms with Crippen molar-refractivity contribution < 1.29 is 9.47 Å². The molecule has 0 bridgehead atoms. The molecule has 0 amide bonds. The van der Waals surface area contributed by atoms with Crippen molar-refractivity contribution in [1.82, 2.24) is 25.4 Å². The molecular weight excluding hydrogens is 344 g/mol. The maximum Gasteiger partial charge on any atom is 0.192 e. The third kappa shape index (κ3) is 3.57. The summed E-state index contributed by atoms with van der Waals surface area (Å²) in [6.07, 6.45) is 3.99. The van der Waals surface area contributed by atoms with Crippen LogP contribution in [0.15, 0.2) is 4.99 Å². The van der Waals surface area contributed by atoms with E-state index in [1.165, 1.54) is 0 Å². The van der Waals surface area contributed by atoms with Crippen LogP contribution in [-0.2, 0) is 23.1 Å². The zero-order chi connectivity index (χ0) is 19.0. The summed E-state index contributed by atoms with van der Waals surface area (Å²) in [5.41, 5.74) is 0.106. The molecule has 1 aliphatic carbocycles. The molecule has 27 heavy (non-hydrogen) atoms. The third-order valence-corrected chi connectivity index (χ3v) is 6.48. The highest BCUT2D eigenvalue weighted by Gasteiger charge is 2.59. The molecule has 8 nitrogen and oxygen atoms in total. The van der Waals surface area contributed by atoms with Gasteiger partial charge in [-0.1, -0.05) is 13.8 Å². The number of guanidine groups is 1. The van der Waals surface area contributed by atoms with Gasteiger partial charge in [0.05, 0.1) is 12.2 Å². The molecule has 2 saturated heterocycles. The molecule has 8 heteroatoms. The molecule has 0 aromatic carbocycles. The van der Waals surface area contributed by atoms with Gasteiger partial charge in [-0.15, -0.1) is 10.2 Å². The van der Waals surface area contributed by atoms with E-state index < -0.39 is 0 Å². The summed E-state index contributed by atoms with van der Waals surface area (Å²) in [4.78, 5) is 4.81. The molecule has 0 spiro atoms. The second-order valence-electron chi connectivity index (χ2n) is 8.59. The van der Waals surface area contributed by atoms with Crippen LogP contribution in [0.3, 0.4) is 0 Å². The molecule has 2 aliphatic heterocycles. The number of nitrogens with zero attached hydrogens (tertiary/aromatic N) is 4. The smallest absolute Gasteiger partial charge is 0.192 e. The highest BCUT2D eigenvalue weighted by molar-refractivity contribution is 5.80. The molecule has 0 radical (unpaired) electrons. The van der Waals surface area contributed by atoms with E-state index in [9.17, 15) is 0 Å². The summed E-state index contributed by atoms with van der Waals surface area (Å²) in [6.45, 7) is 9.51. The van der Waals surface area contributed by atoms with Crippen LogP contribution in [0.5, 0.6) is 0 Å². The number of aryl methyl sites for hydroxylation is 1. The van der Waals surface area contributed by atoms with Crippen molar-refractivity contribution in [2.75, 3.05) is 19.8 Å². The Bertz CT molecular complexity index is 694. The van der Waals surface area contributed by atoms with E-state index >= 15 is 0 Å². The van der Waals surface area contributed by atoms with Gasteiger partial charge in [-0.2, -0.15) is 0 Å². The van der Waals surface area contributed by atoms with Crippen LogP contribution in [0.1, 0.15) is 44.8 Å². The fraction of sp³-hybridized carbons (Fsp3) is 0.842. The summed E-state index contributed by atoms with van der Waals surface area (Å²) in [7, 11) is 1.97. The molecule has 4 rings (SSSR count). The molecule has 3 aliphatic rings. The maximum absolute atomic E-state index is 5.93. The van der Waals surface area contributed by atoms with E-state index in [0.717, 1.165) is 56.6 Å². The Balaban J connectivity index is 1.45. The molecule has 3 heterocycles. The molecule has 150 valence electrons. The summed E-state index contributed by atoms with van der Waals surface area (Å²) in [6, 6.07) is 0.363. The van der Waals surface area contributed by atoms with Crippen molar-refractivity contribution >= 4 is 5.96 Å². The first kappa shape index (κ1) is 18.7. The summed E-state index contributed by atoms with van der Waals surface area (Å²) in [5.74, 6) is 3.15. The second-order valence-corrected chi connectivity index (χ2v) is 8.59. The van der Waals surface area contributed by atoms with Crippen LogP contribution in [-0.4, -0.2) is 58.7 Å². The van der Waals surface area contributed by atoms with Gasteiger partial charge in [0.1, 0.15) is 12.4 Å². The summed E-state index contributed by atoms with van der Waals surface area (Å²) in [5, 5.41) is 15.5. The van der Waals surface area contributed by atoms with Gasteiger partial charge >= 0.3 is 0 Å². The quantitative estimate of drug-likeness (QED) is 0.592. The zero-order valence-electron chi connectivity index (χ0n) is 16.9. The predicted molar refractivity (Wildman–Crippen MR) is 102 cm³/mol. The molecule has 4 atom stereocenters. The zero-order valence-corrected chi connectivity index (χ0v) is 16.9. The highest BCUT2D eigenvalue weighted by atomic mass is 16.5. The lowest BCUT2D eigenvalue weighted by molar-refractivity contribution is -0.106. The minimum atomic E-state index is 0.106. The van der Waals surface area contributed by atoms with Gasteiger partial charge in [0, 0.05) is 44.2 Å². The van der Waals surface area contributed by atoms with Crippen LogP contribution < -0.4 is 10.6 Å². The fourth-order valence-electron chi connectivity index (χ4n) is 4.67. The topological polar surface area (TPSA) is 85.6 Å². The van der Waals surface area contributed by atoms with E-state index in [-0.39, 0.29) is 11.5 Å². The van der Waals surface area contributed by atoms with Crippen molar-refractivity contribution in [2.45, 2.75) is 64.8 Å². The lowest BCUT2D eigenvalue weighted by Gasteiger charge is -2.55. The standard InChI is InChI=1S/C19H32N6O2/c1-12-23-24-15(25(12)4)11-21-18(20-10-13-6-5-8-26-13)22-16-14-7-9-27-17(14)19(16,2)3/h13-14,16-17H,5-11H2,1-4H3,(H2,20,21,22). The summed E-state index contributed by atoms with van der Waals surface area (Å²) < 4.78 is 13.7. The lowest BCUT2D eigenvalue weighted by Crippen LogP contribution is -2.68. The number of hydrogen-bond donors (Lipinski definition) is 2. The molecular formula is C19H32N6O2. The lowest BCUT2D eigenvalue weighted by atomic mass is 9.57. The number of aromatic nitrogens is 3. The Morgan fingerprint density at radius 2 is 2.11 bits per heavy atom. The number of rotatable bonds is 5. The van der Waals surface area contributed by atoms with E-state index in [4.69, 9.17) is 14.5 Å². The van der Waals surface area contributed by atoms with Crippen LogP contribution in [0.2, 0.25) is 0 Å². The molecule has 4 unspecified atom stereocenters. The highest BCUT2D eigenvalue weighted by Crippen LogP contribution is 2.52. The van der Waals surface area contributed by atoms with E-state index in [2.05, 4.69) is 34.7 Å². The Kier molecular flexibility index (Phi) is 5.11. The van der Waals surface area contributed by atoms with Crippen molar-refractivity contribution in [2.24, 2.45) is 23.4 Å². The maximum atomic E-state index is 5.93. The Hall–Kier alpha value is -1.67. The molecule has 1 aromatic rings. The first-order valence-corrected chi connectivity index (χ1v) is 10.1. The molecule has 1 saturated carbocycles. The predicted octanol–water partition coefficient (Wildman–Crippen LogP) is 1.15. The van der Waals surface area contributed by atoms with Crippen LogP contribution >= 0.6 is 0 Å². The van der Waals surface area contributed by atoms with Gasteiger partial charge in [-0.05, 0) is 26.2 Å². The Labute approximate surface area is 161 Å². The van der Waals surface area contributed by atoms with Gasteiger partial charge in [-0.3, -0.25) is 0 Å². The van der Waals surface area contributed by atoms with Gasteiger partial charge in [0.2, 0.25) is 0 Å². The minimum absolute atomic E-state index is 0.106. The Morgan fingerprint density at radius 3 is 2.81 bits per heavy atom. The van der Waals surface area contributed by atoms with Crippen LogP contribution in [0, 0.1) is 18.3 Å². The second kappa shape index (κ2) is 7.39. The molecule has 2 N–H and O–H groups in total. The van der Waals surface area contributed by atoms with E-state index in [1.807, 2.05) is 18.5 Å². The number of nitrogens with one attached hydrogen (secondary N) is 2. The first-order chi connectivity index (χ1) is 13.0. The average molecular weight is 377 g/mol. The van der Waals surface area contributed by atoms with Crippen molar-refractivity contribution in [3.63, 3.8) is 0 Å². The van der Waals surface area contributed by atoms with Crippen molar-refractivity contribution in [1.29, 1.82) is 0 Å². The van der Waals surface area contributed by atoms with E-state index in [0.29, 0.717) is 24.6 Å². The fourth-order valence-corrected chi connectivity index (χ4v) is 4.67. The average Bonchev–Trinajstić information content (AvgIpc) is 3.37. The van der Waals surface area contributed by atoms with Crippen LogP contribution in [0.25, 0.3) is 0 Å². The van der Waals surface area contributed by atoms with Crippen LogP contribution in [0.4, 0.5) is 0 Å². The normalized spacial score (nSPS) is 32.2. The number of ether oxygens (including phenoxy) is 2. The number of hydrogen-bond acceptors (Lipinski definition) is 5. The largest absolute Gasteiger partial charge is 0.377 e. The third-order valence-electron chi connectivity index (χ3n) is 6.48. The van der Waals surface area contributed by atoms with Gasteiger partial charge < -0.3 is 24.7 Å². The van der Waals surface area contributed by atoms with Gasteiger partial charge in [-0.25, -0.2) is 4.99 Å². The van der Waals surface area contributed by atoms with Crippen molar-refractivity contribution in [3.05, 3.63) is 11.6 Å². The van der Waals surface area contributed by atoms with Crippen molar-refractivity contribution in [3.8, 4) is 0 Å². The first-order valence-electron chi connectivity index (χ1n) is 10.1. The number of aliphatic imine (C=N–C) groups is 1. The Morgan fingerprint density at radius 1 is 1.26 bits per heavy atom. The van der Waals surface area contributed by atoms with Gasteiger partial charge in [0.15, 0.2) is 11.8 Å². The monoisotopic (exact) mass is 376 g/mol. The number of fused-ring (bicyclic) bond motifs is 1. The summed E-state index contributed by atoms with van der Waals surface area (Å²) >= 11 is 0. The van der Waals surface area contributed by atoms with E-state index in [1.54, 1.807) is 0 Å². The SMILES string of the molecule is Cc1nnc(CN=C(NCC2CCCO2)NC2C3CCOC3C2(C)C)n1C. The molecule has 1 aromatic heterocycles. The molecule has 3 fully saturated rings. The minimum Gasteiger partial charge on any atom is -0.377 e. The van der Waals surface area contributed by atoms with Gasteiger partial charge in [0.25, 0.3) is 0 Å².